The van der Waals surface area contributed by atoms with E-state index in [1.165, 1.54) is 18.2 Å². The second-order valence-electron chi connectivity index (χ2n) is 2.99. The molecule has 0 heterocycles. The van der Waals surface area contributed by atoms with Gasteiger partial charge in [-0.3, -0.25) is 14.5 Å². The van der Waals surface area contributed by atoms with Gasteiger partial charge in [0.25, 0.3) is 5.69 Å². The van der Waals surface area contributed by atoms with Crippen LogP contribution >= 0.6 is 0 Å². The fourth-order valence-corrected chi connectivity index (χ4v) is 1.19. The van der Waals surface area contributed by atoms with Crippen LogP contribution in [0.4, 0.5) is 10.1 Å². The van der Waals surface area contributed by atoms with Crippen molar-refractivity contribution in [1.29, 1.82) is 5.26 Å². The largest absolute Gasteiger partial charge is 0.269 e. The molecule has 0 aliphatic carbocycles. The summed E-state index contributed by atoms with van der Waals surface area (Å²) in [6.45, 7) is 2.73. The van der Waals surface area contributed by atoms with E-state index in [4.69, 9.17) is 5.26 Å². The summed E-state index contributed by atoms with van der Waals surface area (Å²) in [5.74, 6) is -0.750. The zero-order valence-corrected chi connectivity index (χ0v) is 7.81. The van der Waals surface area contributed by atoms with Crippen LogP contribution < -0.4 is 0 Å². The highest BCUT2D eigenvalue weighted by Gasteiger charge is 2.15. The summed E-state index contributed by atoms with van der Waals surface area (Å²) >= 11 is 0. The first kappa shape index (κ1) is 11.1. The van der Waals surface area contributed by atoms with Gasteiger partial charge in [-0.1, -0.05) is 0 Å². The van der Waals surface area contributed by atoms with Crippen molar-refractivity contribution in [3.05, 3.63) is 46.4 Å². The summed E-state index contributed by atoms with van der Waals surface area (Å²) in [7, 11) is 0. The first-order valence-corrected chi connectivity index (χ1v) is 4.17. The predicted molar refractivity (Wildman–Crippen MR) is 51.9 cm³/mol. The minimum Gasteiger partial charge on any atom is -0.258 e. The van der Waals surface area contributed by atoms with E-state index in [9.17, 15) is 14.5 Å². The summed E-state index contributed by atoms with van der Waals surface area (Å²) in [6.07, 6.45) is 0. The van der Waals surface area contributed by atoms with Crippen LogP contribution in [0.3, 0.4) is 0 Å². The van der Waals surface area contributed by atoms with E-state index >= 15 is 0 Å². The smallest absolute Gasteiger partial charge is 0.258 e. The monoisotopic (exact) mass is 207 g/mol. The van der Waals surface area contributed by atoms with Crippen LogP contribution in [0.1, 0.15) is 17.0 Å². The van der Waals surface area contributed by atoms with Gasteiger partial charge in [0.2, 0.25) is 0 Å². The Morgan fingerprint density at radius 2 is 2.33 bits per heavy atom. The number of alkyl halides is 1. The summed E-state index contributed by atoms with van der Waals surface area (Å²) in [5.41, 5.74) is 0.332. The van der Waals surface area contributed by atoms with E-state index in [0.717, 1.165) is 0 Å². The van der Waals surface area contributed by atoms with Crippen molar-refractivity contribution in [2.24, 2.45) is 0 Å². The van der Waals surface area contributed by atoms with Crippen molar-refractivity contribution in [3.8, 4) is 6.07 Å². The van der Waals surface area contributed by atoms with Gasteiger partial charge < -0.3 is 0 Å². The zero-order valence-electron chi connectivity index (χ0n) is 7.81. The molecule has 0 fully saturated rings. The molecule has 0 N–H and O–H groups in total. The van der Waals surface area contributed by atoms with Crippen molar-refractivity contribution in [2.75, 3.05) is 6.67 Å². The third-order valence-electron chi connectivity index (χ3n) is 1.99. The molecule has 5 heteroatoms. The molecule has 1 atom stereocenters. The molecule has 0 saturated heterocycles. The molecule has 0 aliphatic rings. The molecule has 1 unspecified atom stereocenters. The van der Waals surface area contributed by atoms with Crippen LogP contribution in [0.5, 0.6) is 0 Å². The number of benzene rings is 1. The number of hydrogen-bond acceptors (Lipinski definition) is 3. The molecule has 0 saturated carbocycles. The van der Waals surface area contributed by atoms with E-state index in [0.29, 0.717) is 0 Å². The maximum absolute atomic E-state index is 12.4. The first-order chi connectivity index (χ1) is 7.10. The number of hydrogen-bond donors (Lipinski definition) is 0. The predicted octanol–water partition coefficient (Wildman–Crippen LogP) is 2.35. The van der Waals surface area contributed by atoms with Gasteiger partial charge in [-0.05, 0) is 18.6 Å². The topological polar surface area (TPSA) is 66.9 Å². The molecular weight excluding hydrogens is 199 g/mol. The number of nitro groups is 1. The molecule has 0 aromatic heterocycles. The van der Waals surface area contributed by atoms with Crippen molar-refractivity contribution in [2.45, 2.75) is 5.92 Å². The third-order valence-corrected chi connectivity index (χ3v) is 1.99. The molecular formula is C10H8FN2O2. The minimum atomic E-state index is -0.754. The Labute approximate surface area is 86.1 Å². The van der Waals surface area contributed by atoms with Gasteiger partial charge in [0.1, 0.15) is 0 Å². The summed E-state index contributed by atoms with van der Waals surface area (Å²) < 4.78 is 12.4. The Morgan fingerprint density at radius 1 is 1.67 bits per heavy atom. The van der Waals surface area contributed by atoms with Crippen LogP contribution in [-0.2, 0) is 0 Å². The third kappa shape index (κ3) is 2.29. The lowest BCUT2D eigenvalue weighted by atomic mass is 9.97. The van der Waals surface area contributed by atoms with Gasteiger partial charge in [-0.2, -0.15) is 5.26 Å². The Kier molecular flexibility index (Phi) is 3.34. The van der Waals surface area contributed by atoms with Crippen LogP contribution in [0.2, 0.25) is 0 Å². The molecule has 77 valence electrons. The Bertz CT molecular complexity index is 426. The lowest BCUT2D eigenvalue weighted by molar-refractivity contribution is -0.384. The van der Waals surface area contributed by atoms with Gasteiger partial charge in [-0.15, -0.1) is 0 Å². The minimum absolute atomic E-state index is 0.161. The van der Waals surface area contributed by atoms with Crippen LogP contribution in [0.15, 0.2) is 18.2 Å². The molecule has 1 radical (unpaired) electrons. The van der Waals surface area contributed by atoms with Crippen LogP contribution in [0.25, 0.3) is 0 Å². The highest BCUT2D eigenvalue weighted by molar-refractivity contribution is 5.47. The zero-order chi connectivity index (χ0) is 11.4. The van der Waals surface area contributed by atoms with Gasteiger partial charge >= 0.3 is 0 Å². The van der Waals surface area contributed by atoms with Crippen molar-refractivity contribution in [3.63, 3.8) is 0 Å². The van der Waals surface area contributed by atoms with Gasteiger partial charge in [0, 0.05) is 18.1 Å². The van der Waals surface area contributed by atoms with Crippen molar-refractivity contribution >= 4 is 5.69 Å². The number of rotatable bonds is 3. The molecule has 0 amide bonds. The van der Waals surface area contributed by atoms with Crippen molar-refractivity contribution < 1.29 is 9.31 Å². The lowest BCUT2D eigenvalue weighted by Gasteiger charge is -2.08. The number of nitrogens with zero attached hydrogens (tertiary/aromatic N) is 2. The summed E-state index contributed by atoms with van der Waals surface area (Å²) in [4.78, 5) is 9.88. The Balaban J connectivity index is 3.26. The van der Waals surface area contributed by atoms with E-state index in [-0.39, 0.29) is 16.8 Å². The maximum atomic E-state index is 12.4. The lowest BCUT2D eigenvalue weighted by Crippen LogP contribution is -2.01. The van der Waals surface area contributed by atoms with E-state index in [1.807, 2.05) is 6.07 Å². The van der Waals surface area contributed by atoms with Crippen molar-refractivity contribution in [1.82, 2.24) is 0 Å². The molecule has 0 bridgehead atoms. The fourth-order valence-electron chi connectivity index (χ4n) is 1.19. The second kappa shape index (κ2) is 4.51. The van der Waals surface area contributed by atoms with E-state index in [1.54, 1.807) is 0 Å². The molecule has 1 aromatic carbocycles. The van der Waals surface area contributed by atoms with Crippen LogP contribution in [0, 0.1) is 28.4 Å². The molecule has 1 rings (SSSR count). The number of halogens is 1. The molecule has 0 spiro atoms. The summed E-state index contributed by atoms with van der Waals surface area (Å²) in [6, 6.07) is 5.56. The average Bonchev–Trinajstić information content (AvgIpc) is 2.27. The highest BCUT2D eigenvalue weighted by atomic mass is 19.1. The Morgan fingerprint density at radius 3 is 2.80 bits per heavy atom. The summed E-state index contributed by atoms with van der Waals surface area (Å²) in [5, 5.41) is 19.2. The Hall–Kier alpha value is -1.96. The van der Waals surface area contributed by atoms with E-state index in [2.05, 4.69) is 6.92 Å². The highest BCUT2D eigenvalue weighted by Crippen LogP contribution is 2.24. The van der Waals surface area contributed by atoms with Crippen LogP contribution in [-0.4, -0.2) is 11.6 Å². The SMILES string of the molecule is [CH2]C(CF)c1cc([N+](=O)[O-])ccc1C#N. The fraction of sp³-hybridized carbons (Fsp3) is 0.200. The maximum Gasteiger partial charge on any atom is 0.269 e. The first-order valence-electron chi connectivity index (χ1n) is 4.17. The molecule has 1 aromatic rings. The number of nitro benzene ring substituents is 1. The van der Waals surface area contributed by atoms with Gasteiger partial charge in [0.15, 0.2) is 0 Å². The van der Waals surface area contributed by atoms with Gasteiger partial charge in [0.05, 0.1) is 23.2 Å². The average molecular weight is 207 g/mol. The van der Waals surface area contributed by atoms with Gasteiger partial charge in [-0.25, -0.2) is 0 Å². The molecule has 15 heavy (non-hydrogen) atoms. The number of non-ortho nitro benzene ring substituents is 1. The quantitative estimate of drug-likeness (QED) is 0.564. The standard InChI is InChI=1S/C10H8FN2O2/c1-7(5-11)10-4-9(13(14)15)3-2-8(10)6-12/h2-4,7H,1,5H2. The molecule has 0 aliphatic heterocycles. The second-order valence-corrected chi connectivity index (χ2v) is 2.99. The molecule has 4 nitrogen and oxygen atoms in total. The number of nitriles is 1. The van der Waals surface area contributed by atoms with E-state index < -0.39 is 17.5 Å². The normalized spacial score (nSPS) is 11.8.